The number of guanidine groups is 1. The molecule has 0 aliphatic carbocycles. The van der Waals surface area contributed by atoms with Gasteiger partial charge in [-0.3, -0.25) is 0 Å². The van der Waals surface area contributed by atoms with Crippen molar-refractivity contribution in [3.05, 3.63) is 48.3 Å². The van der Waals surface area contributed by atoms with Gasteiger partial charge in [0, 0.05) is 19.3 Å². The summed E-state index contributed by atoms with van der Waals surface area (Å²) in [4.78, 5) is 6.71. The van der Waals surface area contributed by atoms with Gasteiger partial charge in [-0.1, -0.05) is 31.0 Å². The van der Waals surface area contributed by atoms with Gasteiger partial charge in [0.05, 0.1) is 17.9 Å². The third-order valence-electron chi connectivity index (χ3n) is 4.00. The second kappa shape index (κ2) is 8.90. The molecule has 124 valence electrons. The zero-order valence-electron chi connectivity index (χ0n) is 13.3. The number of hydrogen-bond acceptors (Lipinski definition) is 2. The minimum atomic E-state index is 0. The molecule has 2 heterocycles. The average molecular weight is 425 g/mol. The number of likely N-dealkylation sites (tertiary alicyclic amines) is 1. The van der Waals surface area contributed by atoms with Gasteiger partial charge in [-0.25, -0.2) is 9.67 Å². The summed E-state index contributed by atoms with van der Waals surface area (Å²) in [6.07, 6.45) is 6.97. The summed E-state index contributed by atoms with van der Waals surface area (Å²) in [7, 11) is 0. The predicted octanol–water partition coefficient (Wildman–Crippen LogP) is 3.18. The van der Waals surface area contributed by atoms with Crippen LogP contribution in [0.1, 0.15) is 31.4 Å². The van der Waals surface area contributed by atoms with Gasteiger partial charge < -0.3 is 10.6 Å². The Balaban J connectivity index is 0.00000192. The number of halogens is 1. The fourth-order valence-corrected chi connectivity index (χ4v) is 2.73. The summed E-state index contributed by atoms with van der Waals surface area (Å²) < 4.78 is 1.87. The lowest BCUT2D eigenvalue weighted by molar-refractivity contribution is 0.428. The van der Waals surface area contributed by atoms with Crippen LogP contribution in [0, 0.1) is 0 Å². The second-order valence-electron chi connectivity index (χ2n) is 5.66. The zero-order chi connectivity index (χ0) is 15.2. The molecule has 1 aliphatic rings. The van der Waals surface area contributed by atoms with Gasteiger partial charge in [-0.05, 0) is 31.0 Å². The number of nitrogens with zero attached hydrogens (tertiary/aromatic N) is 4. The molecule has 0 amide bonds. The van der Waals surface area contributed by atoms with E-state index in [0.29, 0.717) is 12.5 Å². The SMILES string of the molecule is I.NC(=NCc1ccn(-c2ccccc2)n1)N1CCCCCC1. The van der Waals surface area contributed by atoms with E-state index in [1.54, 1.807) is 0 Å². The highest BCUT2D eigenvalue weighted by Gasteiger charge is 2.10. The summed E-state index contributed by atoms with van der Waals surface area (Å²) in [6.45, 7) is 2.57. The standard InChI is InChI=1S/C17H23N5.HI/c18-17(21-11-6-1-2-7-12-21)19-14-15-10-13-22(20-15)16-8-4-3-5-9-16;/h3-5,8-10,13H,1-2,6-7,11-12,14H2,(H2,18,19);1H. The van der Waals surface area contributed by atoms with Crippen molar-refractivity contribution in [1.29, 1.82) is 0 Å². The lowest BCUT2D eigenvalue weighted by Crippen LogP contribution is -2.38. The molecule has 0 unspecified atom stereocenters. The zero-order valence-corrected chi connectivity index (χ0v) is 15.6. The Morgan fingerprint density at radius 2 is 1.74 bits per heavy atom. The molecule has 0 saturated carbocycles. The van der Waals surface area contributed by atoms with E-state index in [1.807, 2.05) is 47.3 Å². The number of aliphatic imine (C=N–C) groups is 1. The number of aromatic nitrogens is 2. The summed E-state index contributed by atoms with van der Waals surface area (Å²) >= 11 is 0. The second-order valence-corrected chi connectivity index (χ2v) is 5.66. The van der Waals surface area contributed by atoms with Crippen molar-refractivity contribution in [3.8, 4) is 5.69 Å². The van der Waals surface area contributed by atoms with Crippen molar-refractivity contribution in [2.75, 3.05) is 13.1 Å². The normalized spacial score (nSPS) is 15.8. The van der Waals surface area contributed by atoms with E-state index >= 15 is 0 Å². The molecule has 0 radical (unpaired) electrons. The smallest absolute Gasteiger partial charge is 0.191 e. The fraction of sp³-hybridized carbons (Fsp3) is 0.412. The van der Waals surface area contributed by atoms with Crippen LogP contribution in [-0.2, 0) is 6.54 Å². The van der Waals surface area contributed by atoms with Gasteiger partial charge >= 0.3 is 0 Å². The maximum atomic E-state index is 6.12. The van der Waals surface area contributed by atoms with E-state index in [0.717, 1.165) is 24.5 Å². The first-order valence-corrected chi connectivity index (χ1v) is 7.98. The molecule has 3 rings (SSSR count). The number of hydrogen-bond donors (Lipinski definition) is 1. The summed E-state index contributed by atoms with van der Waals surface area (Å²) in [5.41, 5.74) is 8.11. The maximum absolute atomic E-state index is 6.12. The van der Waals surface area contributed by atoms with Crippen molar-refractivity contribution in [1.82, 2.24) is 14.7 Å². The first-order chi connectivity index (χ1) is 10.8. The van der Waals surface area contributed by atoms with Crippen LogP contribution < -0.4 is 5.73 Å². The van der Waals surface area contributed by atoms with E-state index in [9.17, 15) is 0 Å². The van der Waals surface area contributed by atoms with E-state index in [4.69, 9.17) is 5.73 Å². The van der Waals surface area contributed by atoms with Gasteiger partial charge in [0.15, 0.2) is 5.96 Å². The third kappa shape index (κ3) is 4.95. The Morgan fingerprint density at radius 1 is 1.04 bits per heavy atom. The summed E-state index contributed by atoms with van der Waals surface area (Å²) in [5.74, 6) is 0.649. The Kier molecular flexibility index (Phi) is 6.88. The molecule has 2 N–H and O–H groups in total. The van der Waals surface area contributed by atoms with Crippen LogP contribution in [0.4, 0.5) is 0 Å². The van der Waals surface area contributed by atoms with Crippen molar-refractivity contribution in [2.45, 2.75) is 32.2 Å². The van der Waals surface area contributed by atoms with Crippen molar-refractivity contribution >= 4 is 29.9 Å². The predicted molar refractivity (Wildman–Crippen MR) is 104 cm³/mol. The van der Waals surface area contributed by atoms with Crippen LogP contribution in [0.2, 0.25) is 0 Å². The highest BCUT2D eigenvalue weighted by molar-refractivity contribution is 14.0. The van der Waals surface area contributed by atoms with Crippen LogP contribution in [0.3, 0.4) is 0 Å². The summed E-state index contributed by atoms with van der Waals surface area (Å²) in [6, 6.07) is 12.1. The lowest BCUT2D eigenvalue weighted by atomic mass is 10.2. The van der Waals surface area contributed by atoms with E-state index in [-0.39, 0.29) is 24.0 Å². The topological polar surface area (TPSA) is 59.4 Å². The van der Waals surface area contributed by atoms with Crippen LogP contribution in [0.15, 0.2) is 47.6 Å². The molecular formula is C17H24IN5. The van der Waals surface area contributed by atoms with Gasteiger partial charge in [0.2, 0.25) is 0 Å². The fourth-order valence-electron chi connectivity index (χ4n) is 2.73. The molecule has 6 heteroatoms. The molecule has 0 bridgehead atoms. The molecule has 1 aromatic heterocycles. The number of para-hydroxylation sites is 1. The number of nitrogens with two attached hydrogens (primary N) is 1. The molecular weight excluding hydrogens is 401 g/mol. The Bertz CT molecular complexity index is 615. The van der Waals surface area contributed by atoms with E-state index in [2.05, 4.69) is 15.0 Å². The van der Waals surface area contributed by atoms with Gasteiger partial charge in [-0.15, -0.1) is 24.0 Å². The number of benzene rings is 1. The van der Waals surface area contributed by atoms with E-state index in [1.165, 1.54) is 25.7 Å². The number of rotatable bonds is 3. The molecule has 1 aliphatic heterocycles. The lowest BCUT2D eigenvalue weighted by Gasteiger charge is -2.20. The van der Waals surface area contributed by atoms with Crippen LogP contribution in [0.5, 0.6) is 0 Å². The van der Waals surface area contributed by atoms with Crippen molar-refractivity contribution in [2.24, 2.45) is 10.7 Å². The molecule has 0 spiro atoms. The average Bonchev–Trinajstić information content (AvgIpc) is 2.87. The quantitative estimate of drug-likeness (QED) is 0.467. The van der Waals surface area contributed by atoms with Crippen LogP contribution in [0.25, 0.3) is 5.69 Å². The van der Waals surface area contributed by atoms with Crippen LogP contribution in [-0.4, -0.2) is 33.7 Å². The van der Waals surface area contributed by atoms with Gasteiger partial charge in [0.1, 0.15) is 0 Å². The largest absolute Gasteiger partial charge is 0.370 e. The molecule has 0 atom stereocenters. The summed E-state index contributed by atoms with van der Waals surface area (Å²) in [5, 5.41) is 4.55. The highest BCUT2D eigenvalue weighted by atomic mass is 127. The van der Waals surface area contributed by atoms with E-state index < -0.39 is 0 Å². The van der Waals surface area contributed by atoms with Gasteiger partial charge in [-0.2, -0.15) is 5.10 Å². The minimum Gasteiger partial charge on any atom is -0.370 e. The molecule has 2 aromatic rings. The molecule has 1 fully saturated rings. The molecule has 23 heavy (non-hydrogen) atoms. The minimum absolute atomic E-state index is 0. The third-order valence-corrected chi connectivity index (χ3v) is 4.00. The Hall–Kier alpha value is -1.57. The molecule has 5 nitrogen and oxygen atoms in total. The maximum Gasteiger partial charge on any atom is 0.191 e. The monoisotopic (exact) mass is 425 g/mol. The molecule has 1 saturated heterocycles. The molecule has 1 aromatic carbocycles. The first-order valence-electron chi connectivity index (χ1n) is 7.98. The van der Waals surface area contributed by atoms with Crippen molar-refractivity contribution in [3.63, 3.8) is 0 Å². The van der Waals surface area contributed by atoms with Gasteiger partial charge in [0.25, 0.3) is 0 Å². The van der Waals surface area contributed by atoms with Crippen LogP contribution >= 0.6 is 24.0 Å². The van der Waals surface area contributed by atoms with Crippen molar-refractivity contribution < 1.29 is 0 Å². The Morgan fingerprint density at radius 3 is 2.43 bits per heavy atom. The Labute approximate surface area is 154 Å². The highest BCUT2D eigenvalue weighted by Crippen LogP contribution is 2.10. The first kappa shape index (κ1) is 17.8.